The molecule has 0 aromatic heterocycles. The summed E-state index contributed by atoms with van der Waals surface area (Å²) < 4.78 is 18.1. The number of nitrogens with zero attached hydrogens (tertiary/aromatic N) is 1. The van der Waals surface area contributed by atoms with E-state index in [2.05, 4.69) is 42.2 Å². The zero-order valence-electron chi connectivity index (χ0n) is 16.0. The summed E-state index contributed by atoms with van der Waals surface area (Å²) in [4.78, 5) is 2.60. The average Bonchev–Trinajstić information content (AvgIpc) is 3.00. The summed E-state index contributed by atoms with van der Waals surface area (Å²) in [6, 6.07) is 13.9. The number of hydrogen-bond donors (Lipinski definition) is 0. The second-order valence-corrected chi connectivity index (χ2v) is 7.61. The maximum atomic E-state index is 12.8. The van der Waals surface area contributed by atoms with Crippen molar-refractivity contribution >= 4 is 0 Å². The van der Waals surface area contributed by atoms with Crippen molar-refractivity contribution in [2.75, 3.05) is 19.7 Å². The molecule has 2 nitrogen and oxygen atoms in total. The van der Waals surface area contributed by atoms with E-state index in [1.807, 2.05) is 6.92 Å². The van der Waals surface area contributed by atoms with Gasteiger partial charge in [-0.15, -0.1) is 0 Å². The minimum absolute atomic E-state index is 0.160. The van der Waals surface area contributed by atoms with Gasteiger partial charge in [-0.1, -0.05) is 37.3 Å². The second-order valence-electron chi connectivity index (χ2n) is 7.61. The summed E-state index contributed by atoms with van der Waals surface area (Å²) in [5, 5.41) is 0. The highest BCUT2D eigenvalue weighted by Crippen LogP contribution is 2.29. The van der Waals surface area contributed by atoms with Crippen LogP contribution in [0.4, 0.5) is 4.39 Å². The molecule has 0 spiro atoms. The van der Waals surface area contributed by atoms with Gasteiger partial charge < -0.3 is 4.74 Å². The Balaban J connectivity index is 0.000000158. The van der Waals surface area contributed by atoms with Gasteiger partial charge in [0, 0.05) is 18.5 Å². The largest absolute Gasteiger partial charge is 0.493 e. The molecule has 26 heavy (non-hydrogen) atoms. The Labute approximate surface area is 157 Å². The van der Waals surface area contributed by atoms with Crippen LogP contribution in [0.1, 0.15) is 42.9 Å². The van der Waals surface area contributed by atoms with Gasteiger partial charge in [-0.2, -0.15) is 0 Å². The molecule has 2 aliphatic rings. The van der Waals surface area contributed by atoms with Crippen molar-refractivity contribution in [2.45, 2.75) is 46.1 Å². The number of halogens is 1. The van der Waals surface area contributed by atoms with Crippen molar-refractivity contribution in [1.29, 1.82) is 0 Å². The van der Waals surface area contributed by atoms with Gasteiger partial charge in [-0.05, 0) is 68.5 Å². The normalized spacial score (nSPS) is 19.7. The fraction of sp³-hybridized carbons (Fsp3) is 0.478. The van der Waals surface area contributed by atoms with Gasteiger partial charge in [-0.25, -0.2) is 4.39 Å². The van der Waals surface area contributed by atoms with Crippen LogP contribution in [-0.2, 0) is 13.0 Å². The minimum atomic E-state index is -0.160. The van der Waals surface area contributed by atoms with Crippen LogP contribution in [0.3, 0.4) is 0 Å². The Morgan fingerprint density at radius 1 is 1.12 bits per heavy atom. The summed E-state index contributed by atoms with van der Waals surface area (Å²) in [5.74, 6) is 1.64. The van der Waals surface area contributed by atoms with Gasteiger partial charge >= 0.3 is 0 Å². The van der Waals surface area contributed by atoms with E-state index in [9.17, 15) is 4.39 Å². The van der Waals surface area contributed by atoms with Crippen molar-refractivity contribution in [2.24, 2.45) is 5.92 Å². The maximum absolute atomic E-state index is 12.8. The third-order valence-corrected chi connectivity index (χ3v) is 5.29. The molecule has 1 fully saturated rings. The van der Waals surface area contributed by atoms with Gasteiger partial charge in [0.2, 0.25) is 0 Å². The van der Waals surface area contributed by atoms with E-state index >= 15 is 0 Å². The molecule has 2 aromatic rings. The van der Waals surface area contributed by atoms with Crippen LogP contribution in [0, 0.1) is 18.7 Å². The smallest absolute Gasteiger partial charge is 0.125 e. The number of likely N-dealkylation sites (tertiary alicyclic amines) is 1. The van der Waals surface area contributed by atoms with Crippen LogP contribution in [0.15, 0.2) is 42.5 Å². The summed E-state index contributed by atoms with van der Waals surface area (Å²) in [5.41, 5.74) is 3.35. The molecular formula is C23H30FNO. The molecule has 1 saturated heterocycles. The molecule has 0 aliphatic carbocycles. The molecule has 2 aromatic carbocycles. The first-order valence-corrected chi connectivity index (χ1v) is 9.80. The molecule has 0 radical (unpaired) electrons. The number of rotatable bonds is 2. The summed E-state index contributed by atoms with van der Waals surface area (Å²) in [6.45, 7) is 8.63. The Morgan fingerprint density at radius 3 is 2.73 bits per heavy atom. The second kappa shape index (κ2) is 9.18. The Kier molecular flexibility index (Phi) is 6.67. The number of ether oxygens (including phenoxy) is 1. The van der Waals surface area contributed by atoms with E-state index in [0.29, 0.717) is 6.61 Å². The summed E-state index contributed by atoms with van der Waals surface area (Å²) >= 11 is 0. The first kappa shape index (κ1) is 18.9. The van der Waals surface area contributed by atoms with E-state index < -0.39 is 0 Å². The van der Waals surface area contributed by atoms with E-state index in [1.165, 1.54) is 44.0 Å². The lowest BCUT2D eigenvalue weighted by Gasteiger charge is -2.19. The first-order chi connectivity index (χ1) is 12.6. The van der Waals surface area contributed by atoms with Gasteiger partial charge in [0.05, 0.1) is 6.61 Å². The minimum Gasteiger partial charge on any atom is -0.493 e. The topological polar surface area (TPSA) is 12.5 Å². The quantitative estimate of drug-likeness (QED) is 0.717. The Hall–Kier alpha value is -1.87. The number of hydrogen-bond acceptors (Lipinski definition) is 2. The molecule has 4 rings (SSSR count). The third kappa shape index (κ3) is 5.31. The Morgan fingerprint density at radius 2 is 1.92 bits per heavy atom. The molecule has 2 aliphatic heterocycles. The molecule has 1 unspecified atom stereocenters. The monoisotopic (exact) mass is 355 g/mol. The van der Waals surface area contributed by atoms with E-state index in [1.54, 1.807) is 6.07 Å². The number of benzene rings is 2. The maximum Gasteiger partial charge on any atom is 0.125 e. The van der Waals surface area contributed by atoms with Crippen molar-refractivity contribution in [3.63, 3.8) is 0 Å². The zero-order valence-corrected chi connectivity index (χ0v) is 16.0. The first-order valence-electron chi connectivity index (χ1n) is 9.80. The lowest BCUT2D eigenvalue weighted by atomic mass is 10.0. The molecule has 140 valence electrons. The molecular weight excluding hydrogens is 325 g/mol. The molecule has 0 N–H and O–H groups in total. The van der Waals surface area contributed by atoms with Crippen LogP contribution < -0.4 is 4.74 Å². The third-order valence-electron chi connectivity index (χ3n) is 5.29. The highest BCUT2D eigenvalue weighted by molar-refractivity contribution is 5.43. The molecule has 0 saturated carbocycles. The van der Waals surface area contributed by atoms with Crippen LogP contribution in [0.25, 0.3) is 0 Å². The molecule has 1 atom stereocenters. The Bertz CT molecular complexity index is 701. The molecule has 3 heteroatoms. The lowest BCUT2D eigenvalue weighted by Crippen LogP contribution is -2.24. The summed E-state index contributed by atoms with van der Waals surface area (Å²) in [6.07, 6.45) is 4.99. The van der Waals surface area contributed by atoms with E-state index in [4.69, 9.17) is 4.74 Å². The van der Waals surface area contributed by atoms with Gasteiger partial charge in [0.1, 0.15) is 11.6 Å². The van der Waals surface area contributed by atoms with Crippen LogP contribution in [0.2, 0.25) is 0 Å². The predicted molar refractivity (Wildman–Crippen MR) is 105 cm³/mol. The lowest BCUT2D eigenvalue weighted by molar-refractivity contribution is 0.273. The van der Waals surface area contributed by atoms with Crippen LogP contribution >= 0.6 is 0 Å². The average molecular weight is 355 g/mol. The standard InChI is InChI=1S/C14H21N.C9H9FO/c1-13-6-5-10-15(11-9-13)12-14-7-3-2-4-8-14;1-6-4-8(10)5-7-2-3-11-9(6)7/h2-4,7-8,13H,5-6,9-12H2,1H3;4-5H,2-3H2,1H3. The van der Waals surface area contributed by atoms with Crippen molar-refractivity contribution in [3.8, 4) is 5.75 Å². The van der Waals surface area contributed by atoms with Gasteiger partial charge in [-0.3, -0.25) is 4.90 Å². The van der Waals surface area contributed by atoms with Crippen LogP contribution in [0.5, 0.6) is 5.75 Å². The highest BCUT2D eigenvalue weighted by Gasteiger charge is 2.15. The van der Waals surface area contributed by atoms with E-state index in [0.717, 1.165) is 35.8 Å². The van der Waals surface area contributed by atoms with Crippen molar-refractivity contribution < 1.29 is 9.13 Å². The van der Waals surface area contributed by atoms with Gasteiger partial charge in [0.25, 0.3) is 0 Å². The zero-order chi connectivity index (χ0) is 18.4. The van der Waals surface area contributed by atoms with Crippen LogP contribution in [-0.4, -0.2) is 24.6 Å². The highest BCUT2D eigenvalue weighted by atomic mass is 19.1. The van der Waals surface area contributed by atoms with Crippen molar-refractivity contribution in [1.82, 2.24) is 4.90 Å². The molecule has 0 amide bonds. The molecule has 0 bridgehead atoms. The van der Waals surface area contributed by atoms with Crippen molar-refractivity contribution in [3.05, 3.63) is 65.0 Å². The fourth-order valence-corrected chi connectivity index (χ4v) is 3.78. The number of fused-ring (bicyclic) bond motifs is 1. The van der Waals surface area contributed by atoms with E-state index in [-0.39, 0.29) is 5.82 Å². The summed E-state index contributed by atoms with van der Waals surface area (Å²) in [7, 11) is 0. The fourth-order valence-electron chi connectivity index (χ4n) is 3.78. The SMILES string of the molecule is CC1CCCN(Cc2ccccc2)CC1.Cc1cc(F)cc2c1OCC2. The molecule has 2 heterocycles. The number of aryl methyl sites for hydroxylation is 1. The predicted octanol–water partition coefficient (Wildman–Crippen LogP) is 5.38. The van der Waals surface area contributed by atoms with Gasteiger partial charge in [0.15, 0.2) is 0 Å².